The highest BCUT2D eigenvalue weighted by Gasteiger charge is 2.12. The maximum Gasteiger partial charge on any atom is 0.345 e. The smallest absolute Gasteiger partial charge is 0.345 e. The maximum atomic E-state index is 12.4. The molecule has 4 aromatic rings. The molecule has 0 saturated carbocycles. The highest BCUT2D eigenvalue weighted by molar-refractivity contribution is 6.01. The van der Waals surface area contributed by atoms with Crippen LogP contribution in [-0.4, -0.2) is 4.57 Å². The van der Waals surface area contributed by atoms with E-state index < -0.39 is 5.63 Å². The van der Waals surface area contributed by atoms with E-state index in [2.05, 4.69) is 0 Å². The van der Waals surface area contributed by atoms with E-state index in [0.717, 1.165) is 10.9 Å². The number of nitrogens with zero attached hydrogens (tertiary/aromatic N) is 1. The van der Waals surface area contributed by atoms with Crippen molar-refractivity contribution >= 4 is 21.9 Å². The Balaban J connectivity index is 2.12. The van der Waals surface area contributed by atoms with Crippen LogP contribution < -0.4 is 11.2 Å². The van der Waals surface area contributed by atoms with Crippen LogP contribution in [0.15, 0.2) is 80.7 Å². The Bertz CT molecular complexity index is 1120. The lowest BCUT2D eigenvalue weighted by atomic mass is 10.1. The fourth-order valence-electron chi connectivity index (χ4n) is 2.86. The molecule has 2 aromatic carbocycles. The molecule has 0 aliphatic rings. The Morgan fingerprint density at radius 2 is 1.52 bits per heavy atom. The molecular formula is C19H13NO3. The molecule has 0 aliphatic carbocycles. The summed E-state index contributed by atoms with van der Waals surface area (Å²) >= 11 is 0. The van der Waals surface area contributed by atoms with Crippen LogP contribution in [-0.2, 0) is 6.54 Å². The lowest BCUT2D eigenvalue weighted by Crippen LogP contribution is -2.21. The minimum atomic E-state index is -0.430. The van der Waals surface area contributed by atoms with E-state index in [-0.39, 0.29) is 5.56 Å². The molecule has 0 radical (unpaired) electrons. The standard InChI is InChI=1S/C19H13NO3/c21-17-11-10-15-18(20(17)12-13-6-2-1-3-7-13)14-8-4-5-9-16(14)23-19(15)22/h1-11H,12H2. The van der Waals surface area contributed by atoms with Gasteiger partial charge in [0.25, 0.3) is 5.56 Å². The van der Waals surface area contributed by atoms with Gasteiger partial charge in [0.2, 0.25) is 0 Å². The van der Waals surface area contributed by atoms with Crippen LogP contribution in [0, 0.1) is 0 Å². The van der Waals surface area contributed by atoms with Gasteiger partial charge in [0.15, 0.2) is 0 Å². The second-order valence-corrected chi connectivity index (χ2v) is 5.39. The average molecular weight is 303 g/mol. The number of aromatic nitrogens is 1. The van der Waals surface area contributed by atoms with Crippen molar-refractivity contribution in [2.45, 2.75) is 6.54 Å². The minimum absolute atomic E-state index is 0.142. The van der Waals surface area contributed by atoms with Crippen LogP contribution in [0.1, 0.15) is 5.56 Å². The third-order valence-corrected chi connectivity index (χ3v) is 3.93. The number of rotatable bonds is 2. The molecule has 23 heavy (non-hydrogen) atoms. The summed E-state index contributed by atoms with van der Waals surface area (Å²) in [6, 6.07) is 19.9. The van der Waals surface area contributed by atoms with Gasteiger partial charge in [-0.25, -0.2) is 4.79 Å². The van der Waals surface area contributed by atoms with Crippen molar-refractivity contribution in [1.29, 1.82) is 0 Å². The zero-order valence-corrected chi connectivity index (χ0v) is 12.2. The second kappa shape index (κ2) is 5.25. The molecule has 0 amide bonds. The molecule has 0 bridgehead atoms. The molecule has 0 saturated heterocycles. The van der Waals surface area contributed by atoms with E-state index in [1.165, 1.54) is 12.1 Å². The largest absolute Gasteiger partial charge is 0.422 e. The third-order valence-electron chi connectivity index (χ3n) is 3.93. The van der Waals surface area contributed by atoms with Gasteiger partial charge in [0.05, 0.1) is 17.4 Å². The summed E-state index contributed by atoms with van der Waals surface area (Å²) in [7, 11) is 0. The first kappa shape index (κ1) is 13.5. The van der Waals surface area contributed by atoms with E-state index in [4.69, 9.17) is 4.42 Å². The Morgan fingerprint density at radius 3 is 2.35 bits per heavy atom. The molecule has 2 aromatic heterocycles. The van der Waals surface area contributed by atoms with Crippen molar-refractivity contribution < 1.29 is 4.42 Å². The number of pyridine rings is 1. The summed E-state index contributed by atoms with van der Waals surface area (Å²) in [5, 5.41) is 1.18. The molecule has 0 atom stereocenters. The summed E-state index contributed by atoms with van der Waals surface area (Å²) in [6.45, 7) is 0.407. The fourth-order valence-corrected chi connectivity index (χ4v) is 2.86. The minimum Gasteiger partial charge on any atom is -0.422 e. The van der Waals surface area contributed by atoms with E-state index in [1.807, 2.05) is 42.5 Å². The molecule has 4 nitrogen and oxygen atoms in total. The van der Waals surface area contributed by atoms with Gasteiger partial charge in [-0.1, -0.05) is 42.5 Å². The summed E-state index contributed by atoms with van der Waals surface area (Å²) in [5.41, 5.74) is 1.53. The van der Waals surface area contributed by atoms with Gasteiger partial charge >= 0.3 is 5.63 Å². The number of hydrogen-bond acceptors (Lipinski definition) is 3. The van der Waals surface area contributed by atoms with Gasteiger partial charge in [0, 0.05) is 11.5 Å². The highest BCUT2D eigenvalue weighted by Crippen LogP contribution is 2.22. The Hall–Kier alpha value is -3.14. The van der Waals surface area contributed by atoms with Crippen LogP contribution >= 0.6 is 0 Å². The van der Waals surface area contributed by atoms with E-state index in [9.17, 15) is 9.59 Å². The van der Waals surface area contributed by atoms with Crippen LogP contribution in [0.3, 0.4) is 0 Å². The van der Waals surface area contributed by atoms with E-state index in [0.29, 0.717) is 23.0 Å². The summed E-state index contributed by atoms with van der Waals surface area (Å²) < 4.78 is 6.98. The van der Waals surface area contributed by atoms with Crippen molar-refractivity contribution in [2.24, 2.45) is 0 Å². The van der Waals surface area contributed by atoms with E-state index in [1.54, 1.807) is 16.7 Å². The predicted octanol–water partition coefficient (Wildman–Crippen LogP) is 3.16. The normalized spacial score (nSPS) is 11.1. The maximum absolute atomic E-state index is 12.4. The first-order chi connectivity index (χ1) is 11.2. The number of fused-ring (bicyclic) bond motifs is 3. The van der Waals surface area contributed by atoms with Gasteiger partial charge < -0.3 is 8.98 Å². The molecule has 112 valence electrons. The molecule has 0 aliphatic heterocycles. The first-order valence-corrected chi connectivity index (χ1v) is 7.33. The van der Waals surface area contributed by atoms with Crippen LogP contribution in [0.4, 0.5) is 0 Å². The van der Waals surface area contributed by atoms with Crippen LogP contribution in [0.25, 0.3) is 21.9 Å². The molecule has 4 rings (SSSR count). The van der Waals surface area contributed by atoms with Crippen molar-refractivity contribution in [1.82, 2.24) is 4.57 Å². The van der Waals surface area contributed by atoms with Gasteiger partial charge in [-0.05, 0) is 23.8 Å². The van der Waals surface area contributed by atoms with E-state index >= 15 is 0 Å². The second-order valence-electron chi connectivity index (χ2n) is 5.39. The topological polar surface area (TPSA) is 52.2 Å². The van der Waals surface area contributed by atoms with Crippen molar-refractivity contribution in [3.8, 4) is 0 Å². The Kier molecular flexibility index (Phi) is 3.08. The van der Waals surface area contributed by atoms with Gasteiger partial charge in [-0.3, -0.25) is 4.79 Å². The Morgan fingerprint density at radius 1 is 0.783 bits per heavy atom. The van der Waals surface area contributed by atoms with Gasteiger partial charge in [0.1, 0.15) is 5.58 Å². The molecule has 0 spiro atoms. The lowest BCUT2D eigenvalue weighted by Gasteiger charge is -2.11. The van der Waals surface area contributed by atoms with Gasteiger partial charge in [-0.2, -0.15) is 0 Å². The van der Waals surface area contributed by atoms with Crippen LogP contribution in [0.5, 0.6) is 0 Å². The SMILES string of the molecule is O=c1oc2ccccc2c2c1ccc(=O)n2Cc1ccccc1. The molecule has 0 fully saturated rings. The number of para-hydroxylation sites is 1. The highest BCUT2D eigenvalue weighted by atomic mass is 16.4. The zero-order chi connectivity index (χ0) is 15.8. The quantitative estimate of drug-likeness (QED) is 0.422. The molecular weight excluding hydrogens is 290 g/mol. The Labute approximate surface area is 131 Å². The molecule has 4 heteroatoms. The fraction of sp³-hybridized carbons (Fsp3) is 0.0526. The first-order valence-electron chi connectivity index (χ1n) is 7.33. The average Bonchev–Trinajstić information content (AvgIpc) is 2.58. The van der Waals surface area contributed by atoms with Gasteiger partial charge in [-0.15, -0.1) is 0 Å². The monoisotopic (exact) mass is 303 g/mol. The predicted molar refractivity (Wildman–Crippen MR) is 89.8 cm³/mol. The summed E-state index contributed by atoms with van der Waals surface area (Å²) in [4.78, 5) is 24.6. The summed E-state index contributed by atoms with van der Waals surface area (Å²) in [6.07, 6.45) is 0. The van der Waals surface area contributed by atoms with Crippen molar-refractivity contribution in [3.05, 3.63) is 93.1 Å². The zero-order valence-electron chi connectivity index (χ0n) is 12.2. The lowest BCUT2D eigenvalue weighted by molar-refractivity contribution is 0.568. The molecule has 0 N–H and O–H groups in total. The van der Waals surface area contributed by atoms with Crippen LogP contribution in [0.2, 0.25) is 0 Å². The van der Waals surface area contributed by atoms with Crippen molar-refractivity contribution in [2.75, 3.05) is 0 Å². The number of hydrogen-bond donors (Lipinski definition) is 0. The van der Waals surface area contributed by atoms with Crippen molar-refractivity contribution in [3.63, 3.8) is 0 Å². The molecule has 2 heterocycles. The summed E-state index contributed by atoms with van der Waals surface area (Å²) in [5.74, 6) is 0. The number of benzene rings is 2. The third kappa shape index (κ3) is 2.25. The molecule has 0 unspecified atom stereocenters.